The van der Waals surface area contributed by atoms with E-state index in [0.29, 0.717) is 12.2 Å². The third-order valence-electron chi connectivity index (χ3n) is 5.10. The maximum atomic E-state index is 12.7. The van der Waals surface area contributed by atoms with E-state index in [1.165, 1.54) is 16.4 Å². The molecule has 0 bridgehead atoms. The highest BCUT2D eigenvalue weighted by Gasteiger charge is 2.42. The minimum Gasteiger partial charge on any atom is -0.497 e. The minimum atomic E-state index is -0.275. The second-order valence-corrected chi connectivity index (χ2v) is 6.75. The summed E-state index contributed by atoms with van der Waals surface area (Å²) >= 11 is 0. The Hall–Kier alpha value is -3.19. The summed E-state index contributed by atoms with van der Waals surface area (Å²) in [6.07, 6.45) is 3.70. The van der Waals surface area contributed by atoms with Crippen LogP contribution in [-0.4, -0.2) is 34.6 Å². The first-order chi connectivity index (χ1) is 13.1. The van der Waals surface area contributed by atoms with Gasteiger partial charge >= 0.3 is 0 Å². The lowest BCUT2D eigenvalue weighted by Gasteiger charge is -2.13. The lowest BCUT2D eigenvalue weighted by Crippen LogP contribution is -2.20. The first-order valence-electron chi connectivity index (χ1n) is 8.82. The molecule has 4 rings (SSSR count). The number of amides is 1. The first kappa shape index (κ1) is 17.2. The number of rotatable bonds is 6. The number of hydrogen-bond acceptors (Lipinski definition) is 5. The van der Waals surface area contributed by atoms with Gasteiger partial charge in [0, 0.05) is 17.6 Å². The molecule has 1 amide bonds. The van der Waals surface area contributed by atoms with Gasteiger partial charge in [-0.3, -0.25) is 4.79 Å². The van der Waals surface area contributed by atoms with E-state index in [2.05, 4.69) is 15.6 Å². The van der Waals surface area contributed by atoms with E-state index in [1.807, 2.05) is 48.5 Å². The SMILES string of the molecule is COc1ccc(-n2nncc2C(=O)Nc2ccc(C3(CN)CC3)cc2)cc1. The molecule has 1 saturated carbocycles. The zero-order chi connectivity index (χ0) is 18.9. The largest absolute Gasteiger partial charge is 0.497 e. The molecule has 1 heterocycles. The van der Waals surface area contributed by atoms with Crippen LogP contribution in [0, 0.1) is 0 Å². The van der Waals surface area contributed by atoms with Crippen LogP contribution in [0.5, 0.6) is 5.75 Å². The van der Waals surface area contributed by atoms with Gasteiger partial charge in [-0.1, -0.05) is 17.3 Å². The number of nitrogens with one attached hydrogen (secondary N) is 1. The van der Waals surface area contributed by atoms with E-state index in [-0.39, 0.29) is 11.3 Å². The molecule has 138 valence electrons. The number of hydrogen-bond donors (Lipinski definition) is 2. The van der Waals surface area contributed by atoms with Crippen LogP contribution < -0.4 is 15.8 Å². The Morgan fingerprint density at radius 2 is 1.89 bits per heavy atom. The van der Waals surface area contributed by atoms with Gasteiger partial charge in [-0.25, -0.2) is 4.68 Å². The second-order valence-electron chi connectivity index (χ2n) is 6.75. The van der Waals surface area contributed by atoms with E-state index in [1.54, 1.807) is 7.11 Å². The van der Waals surface area contributed by atoms with Crippen molar-refractivity contribution < 1.29 is 9.53 Å². The second kappa shape index (κ2) is 6.85. The van der Waals surface area contributed by atoms with Gasteiger partial charge in [0.05, 0.1) is 19.0 Å². The van der Waals surface area contributed by atoms with Crippen LogP contribution in [0.3, 0.4) is 0 Å². The van der Waals surface area contributed by atoms with E-state index >= 15 is 0 Å². The number of nitrogens with two attached hydrogens (primary N) is 1. The third-order valence-corrected chi connectivity index (χ3v) is 5.10. The number of benzene rings is 2. The molecule has 3 aromatic rings. The molecule has 0 aliphatic heterocycles. The molecule has 7 nitrogen and oxygen atoms in total. The van der Waals surface area contributed by atoms with Crippen molar-refractivity contribution in [2.45, 2.75) is 18.3 Å². The Labute approximate surface area is 157 Å². The van der Waals surface area contributed by atoms with Gasteiger partial charge in [-0.05, 0) is 54.8 Å². The molecule has 1 aliphatic carbocycles. The highest BCUT2D eigenvalue weighted by atomic mass is 16.5. The van der Waals surface area contributed by atoms with Crippen LogP contribution in [0.15, 0.2) is 54.7 Å². The molecule has 1 aliphatic rings. The maximum Gasteiger partial charge on any atom is 0.276 e. The number of carbonyl (C=O) groups excluding carboxylic acids is 1. The van der Waals surface area contributed by atoms with Crippen molar-refractivity contribution >= 4 is 11.6 Å². The summed E-state index contributed by atoms with van der Waals surface area (Å²) in [5, 5.41) is 10.8. The molecule has 2 aromatic carbocycles. The summed E-state index contributed by atoms with van der Waals surface area (Å²) in [5.74, 6) is 0.458. The average molecular weight is 363 g/mol. The Bertz CT molecular complexity index is 943. The maximum absolute atomic E-state index is 12.7. The number of methoxy groups -OCH3 is 1. The Kier molecular flexibility index (Phi) is 4.37. The topological polar surface area (TPSA) is 95.1 Å². The molecule has 0 unspecified atom stereocenters. The monoisotopic (exact) mass is 363 g/mol. The van der Waals surface area contributed by atoms with E-state index in [4.69, 9.17) is 10.5 Å². The average Bonchev–Trinajstić information content (AvgIpc) is 3.36. The number of anilines is 1. The van der Waals surface area contributed by atoms with E-state index < -0.39 is 0 Å². The molecular weight excluding hydrogens is 342 g/mol. The molecule has 0 radical (unpaired) electrons. The van der Waals surface area contributed by atoms with Gasteiger partial charge in [0.25, 0.3) is 5.91 Å². The van der Waals surface area contributed by atoms with Gasteiger partial charge in [-0.15, -0.1) is 5.10 Å². The van der Waals surface area contributed by atoms with Gasteiger partial charge in [0.2, 0.25) is 0 Å². The van der Waals surface area contributed by atoms with E-state index in [9.17, 15) is 4.79 Å². The number of carbonyl (C=O) groups is 1. The molecular formula is C20H21N5O2. The quantitative estimate of drug-likeness (QED) is 0.702. The van der Waals surface area contributed by atoms with Gasteiger partial charge in [0.15, 0.2) is 5.69 Å². The Balaban J connectivity index is 1.51. The lowest BCUT2D eigenvalue weighted by atomic mass is 9.96. The molecule has 0 saturated heterocycles. The van der Waals surface area contributed by atoms with Gasteiger partial charge in [-0.2, -0.15) is 0 Å². The fourth-order valence-electron chi connectivity index (χ4n) is 3.17. The van der Waals surface area contributed by atoms with Gasteiger partial charge in [0.1, 0.15) is 5.75 Å². The summed E-state index contributed by atoms with van der Waals surface area (Å²) < 4.78 is 6.65. The highest BCUT2D eigenvalue weighted by Crippen LogP contribution is 2.47. The first-order valence-corrected chi connectivity index (χ1v) is 8.82. The van der Waals surface area contributed by atoms with Gasteiger partial charge < -0.3 is 15.8 Å². The molecule has 0 spiro atoms. The predicted octanol–water partition coefficient (Wildman–Crippen LogP) is 2.52. The van der Waals surface area contributed by atoms with Crippen LogP contribution >= 0.6 is 0 Å². The molecule has 0 atom stereocenters. The lowest BCUT2D eigenvalue weighted by molar-refractivity contribution is 0.101. The van der Waals surface area contributed by atoms with Crippen LogP contribution in [-0.2, 0) is 5.41 Å². The fraction of sp³-hybridized carbons (Fsp3) is 0.250. The van der Waals surface area contributed by atoms with Crippen molar-refractivity contribution in [3.05, 3.63) is 66.0 Å². The van der Waals surface area contributed by atoms with Crippen molar-refractivity contribution in [3.8, 4) is 11.4 Å². The molecule has 1 aromatic heterocycles. The van der Waals surface area contributed by atoms with Crippen molar-refractivity contribution in [2.75, 3.05) is 19.0 Å². The summed E-state index contributed by atoms with van der Waals surface area (Å²) in [5.41, 5.74) is 9.05. The zero-order valence-corrected chi connectivity index (χ0v) is 15.1. The highest BCUT2D eigenvalue weighted by molar-refractivity contribution is 6.03. The van der Waals surface area contributed by atoms with E-state index in [0.717, 1.165) is 30.0 Å². The zero-order valence-electron chi connectivity index (χ0n) is 15.1. The van der Waals surface area contributed by atoms with Crippen LogP contribution in [0.1, 0.15) is 28.9 Å². The van der Waals surface area contributed by atoms with Crippen LogP contribution in [0.25, 0.3) is 5.69 Å². The number of nitrogens with zero attached hydrogens (tertiary/aromatic N) is 3. The third kappa shape index (κ3) is 3.29. The number of ether oxygens (including phenoxy) is 1. The molecule has 27 heavy (non-hydrogen) atoms. The minimum absolute atomic E-state index is 0.138. The van der Waals surface area contributed by atoms with Crippen LogP contribution in [0.2, 0.25) is 0 Å². The summed E-state index contributed by atoms with van der Waals surface area (Å²) in [7, 11) is 1.60. The van der Waals surface area contributed by atoms with Crippen LogP contribution in [0.4, 0.5) is 5.69 Å². The Morgan fingerprint density at radius 3 is 2.48 bits per heavy atom. The summed E-state index contributed by atoms with van der Waals surface area (Å²) in [6, 6.07) is 15.1. The predicted molar refractivity (Wildman–Crippen MR) is 102 cm³/mol. The molecule has 7 heteroatoms. The Morgan fingerprint density at radius 1 is 1.19 bits per heavy atom. The molecule has 3 N–H and O–H groups in total. The number of aromatic nitrogens is 3. The van der Waals surface area contributed by atoms with Crippen molar-refractivity contribution in [3.63, 3.8) is 0 Å². The normalized spacial score (nSPS) is 14.6. The smallest absolute Gasteiger partial charge is 0.276 e. The summed E-state index contributed by atoms with van der Waals surface area (Å²) in [4.78, 5) is 12.7. The molecule has 1 fully saturated rings. The van der Waals surface area contributed by atoms with Crippen molar-refractivity contribution in [2.24, 2.45) is 5.73 Å². The van der Waals surface area contributed by atoms with Crippen molar-refractivity contribution in [1.82, 2.24) is 15.0 Å². The van der Waals surface area contributed by atoms with Crippen molar-refractivity contribution in [1.29, 1.82) is 0 Å². The standard InChI is InChI=1S/C20H21N5O2/c1-27-17-8-6-16(7-9-17)25-18(12-22-24-25)19(26)23-15-4-2-14(3-5-15)20(13-21)10-11-20/h2-9,12H,10-11,13,21H2,1H3,(H,23,26). The fourth-order valence-corrected chi connectivity index (χ4v) is 3.17. The summed E-state index contributed by atoms with van der Waals surface area (Å²) in [6.45, 7) is 0.658.